The Bertz CT molecular complexity index is 332. The van der Waals surface area contributed by atoms with E-state index in [2.05, 4.69) is 18.8 Å². The van der Waals surface area contributed by atoms with E-state index in [1.807, 2.05) is 25.1 Å². The Morgan fingerprint density at radius 3 is 2.43 bits per heavy atom. The van der Waals surface area contributed by atoms with Gasteiger partial charge in [-0.25, -0.2) is 4.98 Å². The minimum Gasteiger partial charge on any atom is -0.376 e. The lowest BCUT2D eigenvalue weighted by Crippen LogP contribution is -2.13. The molecule has 0 aliphatic heterocycles. The number of pyridine rings is 1. The van der Waals surface area contributed by atoms with Crippen molar-refractivity contribution < 1.29 is 4.79 Å². The third-order valence-corrected chi connectivity index (χ3v) is 2.07. The summed E-state index contributed by atoms with van der Waals surface area (Å²) in [4.78, 5) is 16.9. The molecule has 3 nitrogen and oxygen atoms in total. The summed E-state index contributed by atoms with van der Waals surface area (Å²) in [6.45, 7) is 4.15. The molecule has 1 heterocycles. The normalized spacial score (nSPS) is 10.4. The molecule has 1 aromatic heterocycles. The van der Waals surface area contributed by atoms with E-state index < -0.39 is 0 Å². The van der Waals surface area contributed by atoms with Crippen LogP contribution in [0.1, 0.15) is 35.9 Å². The fraction of sp³-hybridized carbons (Fsp3) is 0.455. The van der Waals surface area contributed by atoms with Crippen molar-refractivity contribution in [3.63, 3.8) is 0 Å². The second kappa shape index (κ2) is 4.22. The Morgan fingerprint density at radius 1 is 1.36 bits per heavy atom. The highest BCUT2D eigenvalue weighted by atomic mass is 16.1. The number of carbonyl (C=O) groups excluding carboxylic acids is 1. The van der Waals surface area contributed by atoms with Crippen LogP contribution in [0.2, 0.25) is 0 Å². The van der Waals surface area contributed by atoms with E-state index in [0.717, 1.165) is 17.7 Å². The highest BCUT2D eigenvalue weighted by Crippen LogP contribution is 2.23. The highest BCUT2D eigenvalue weighted by molar-refractivity contribution is 5.73. The maximum Gasteiger partial charge on any atom is 0.168 e. The van der Waals surface area contributed by atoms with Crippen LogP contribution in [0.15, 0.2) is 12.1 Å². The standard InChI is InChI=1S/C11H16N2O/c1-8(2)11-10(13(3)4)6-5-9(7-14)12-11/h5-8H,1-4H3. The number of rotatable bonds is 3. The molecule has 0 spiro atoms. The van der Waals surface area contributed by atoms with Crippen LogP contribution in [0.25, 0.3) is 0 Å². The van der Waals surface area contributed by atoms with Crippen molar-refractivity contribution in [2.75, 3.05) is 19.0 Å². The van der Waals surface area contributed by atoms with Crippen LogP contribution in [0.5, 0.6) is 0 Å². The molecule has 0 saturated carbocycles. The van der Waals surface area contributed by atoms with Gasteiger partial charge in [-0.3, -0.25) is 4.79 Å². The van der Waals surface area contributed by atoms with E-state index in [-0.39, 0.29) is 0 Å². The van der Waals surface area contributed by atoms with Gasteiger partial charge in [0.15, 0.2) is 6.29 Å². The molecule has 1 rings (SSSR count). The largest absolute Gasteiger partial charge is 0.376 e. The molecule has 0 amide bonds. The molecule has 0 unspecified atom stereocenters. The maximum atomic E-state index is 10.6. The number of aldehydes is 1. The summed E-state index contributed by atoms with van der Waals surface area (Å²) in [6.07, 6.45) is 0.783. The van der Waals surface area contributed by atoms with Gasteiger partial charge in [0.05, 0.1) is 11.4 Å². The Labute approximate surface area is 84.8 Å². The van der Waals surface area contributed by atoms with E-state index in [9.17, 15) is 4.79 Å². The molecule has 14 heavy (non-hydrogen) atoms. The number of aromatic nitrogens is 1. The predicted octanol–water partition coefficient (Wildman–Crippen LogP) is 2.08. The van der Waals surface area contributed by atoms with Crippen LogP contribution in [0.3, 0.4) is 0 Å². The molecular formula is C11H16N2O. The lowest BCUT2D eigenvalue weighted by atomic mass is 10.1. The maximum absolute atomic E-state index is 10.6. The molecule has 0 bridgehead atoms. The van der Waals surface area contributed by atoms with Gasteiger partial charge in [-0.1, -0.05) is 13.8 Å². The molecule has 0 aromatic carbocycles. The second-order valence-corrected chi connectivity index (χ2v) is 3.81. The van der Waals surface area contributed by atoms with Crippen molar-refractivity contribution in [3.05, 3.63) is 23.5 Å². The predicted molar refractivity (Wildman–Crippen MR) is 58.0 cm³/mol. The van der Waals surface area contributed by atoms with Gasteiger partial charge in [-0.15, -0.1) is 0 Å². The summed E-state index contributed by atoms with van der Waals surface area (Å²) in [5.41, 5.74) is 2.55. The van der Waals surface area contributed by atoms with E-state index in [1.54, 1.807) is 6.07 Å². The zero-order valence-corrected chi connectivity index (χ0v) is 9.11. The quantitative estimate of drug-likeness (QED) is 0.687. The van der Waals surface area contributed by atoms with Gasteiger partial charge in [0, 0.05) is 14.1 Å². The molecule has 76 valence electrons. The first-order valence-corrected chi connectivity index (χ1v) is 4.69. The second-order valence-electron chi connectivity index (χ2n) is 3.81. The topological polar surface area (TPSA) is 33.2 Å². The van der Waals surface area contributed by atoms with Gasteiger partial charge in [0.2, 0.25) is 0 Å². The molecule has 3 heteroatoms. The van der Waals surface area contributed by atoms with Gasteiger partial charge in [0.25, 0.3) is 0 Å². The minimum absolute atomic E-state index is 0.326. The van der Waals surface area contributed by atoms with Crippen LogP contribution in [0, 0.1) is 0 Å². The number of nitrogens with zero attached hydrogens (tertiary/aromatic N) is 2. The summed E-state index contributed by atoms with van der Waals surface area (Å²) in [7, 11) is 3.95. The van der Waals surface area contributed by atoms with Gasteiger partial charge in [-0.2, -0.15) is 0 Å². The fourth-order valence-corrected chi connectivity index (χ4v) is 1.35. The van der Waals surface area contributed by atoms with E-state index >= 15 is 0 Å². The van der Waals surface area contributed by atoms with Crippen LogP contribution >= 0.6 is 0 Å². The zero-order chi connectivity index (χ0) is 10.7. The SMILES string of the molecule is CC(C)c1nc(C=O)ccc1N(C)C. The number of hydrogen-bond acceptors (Lipinski definition) is 3. The monoisotopic (exact) mass is 192 g/mol. The van der Waals surface area contributed by atoms with E-state index in [0.29, 0.717) is 11.6 Å². The van der Waals surface area contributed by atoms with Gasteiger partial charge in [-0.05, 0) is 18.1 Å². The Balaban J connectivity index is 3.23. The lowest BCUT2D eigenvalue weighted by Gasteiger charge is -2.18. The van der Waals surface area contributed by atoms with Crippen LogP contribution in [0.4, 0.5) is 5.69 Å². The van der Waals surface area contributed by atoms with E-state index in [1.165, 1.54) is 0 Å². The Morgan fingerprint density at radius 2 is 2.00 bits per heavy atom. The number of hydrogen-bond donors (Lipinski definition) is 0. The minimum atomic E-state index is 0.326. The molecule has 1 aromatic rings. The van der Waals surface area contributed by atoms with Gasteiger partial charge in [0.1, 0.15) is 5.69 Å². The zero-order valence-electron chi connectivity index (χ0n) is 9.11. The summed E-state index contributed by atoms with van der Waals surface area (Å²) in [5, 5.41) is 0. The molecule has 0 N–H and O–H groups in total. The molecule has 0 fully saturated rings. The summed E-state index contributed by atoms with van der Waals surface area (Å²) in [5.74, 6) is 0.326. The first-order chi connectivity index (χ1) is 6.56. The molecule has 0 aliphatic carbocycles. The third kappa shape index (κ3) is 2.10. The molecule has 0 atom stereocenters. The van der Waals surface area contributed by atoms with E-state index in [4.69, 9.17) is 0 Å². The summed E-state index contributed by atoms with van der Waals surface area (Å²) in [6, 6.07) is 3.68. The molecular weight excluding hydrogens is 176 g/mol. The average Bonchev–Trinajstić information content (AvgIpc) is 2.16. The van der Waals surface area contributed by atoms with Crippen molar-refractivity contribution in [2.24, 2.45) is 0 Å². The number of carbonyl (C=O) groups is 1. The first-order valence-electron chi connectivity index (χ1n) is 4.69. The average molecular weight is 192 g/mol. The lowest BCUT2D eigenvalue weighted by molar-refractivity contribution is 0.111. The smallest absolute Gasteiger partial charge is 0.168 e. The van der Waals surface area contributed by atoms with Crippen LogP contribution in [-0.4, -0.2) is 25.4 Å². The van der Waals surface area contributed by atoms with Crippen molar-refractivity contribution >= 4 is 12.0 Å². The third-order valence-electron chi connectivity index (χ3n) is 2.07. The molecule has 0 saturated heterocycles. The summed E-state index contributed by atoms with van der Waals surface area (Å²) >= 11 is 0. The van der Waals surface area contributed by atoms with Crippen LogP contribution in [-0.2, 0) is 0 Å². The van der Waals surface area contributed by atoms with Gasteiger partial charge >= 0.3 is 0 Å². The highest BCUT2D eigenvalue weighted by Gasteiger charge is 2.10. The van der Waals surface area contributed by atoms with Crippen molar-refractivity contribution in [2.45, 2.75) is 19.8 Å². The fourth-order valence-electron chi connectivity index (χ4n) is 1.35. The van der Waals surface area contributed by atoms with Crippen LogP contribution < -0.4 is 4.90 Å². The Hall–Kier alpha value is -1.38. The molecule has 0 aliphatic rings. The van der Waals surface area contributed by atoms with Crippen molar-refractivity contribution in [1.82, 2.24) is 4.98 Å². The summed E-state index contributed by atoms with van der Waals surface area (Å²) < 4.78 is 0. The van der Waals surface area contributed by atoms with Gasteiger partial charge < -0.3 is 4.90 Å². The Kier molecular flexibility index (Phi) is 3.23. The first kappa shape index (κ1) is 10.7. The number of anilines is 1. The van der Waals surface area contributed by atoms with Crippen molar-refractivity contribution in [1.29, 1.82) is 0 Å². The van der Waals surface area contributed by atoms with Crippen molar-refractivity contribution in [3.8, 4) is 0 Å². The molecule has 0 radical (unpaired) electrons.